The molecule has 0 saturated heterocycles. The van der Waals surface area contributed by atoms with Crippen LogP contribution in [-0.2, 0) is 15.6 Å². The van der Waals surface area contributed by atoms with Gasteiger partial charge in [0.2, 0.25) is 5.91 Å². The lowest BCUT2D eigenvalue weighted by molar-refractivity contribution is -0.118. The summed E-state index contributed by atoms with van der Waals surface area (Å²) in [5, 5.41) is 11.6. The highest BCUT2D eigenvalue weighted by atomic mass is 16.3. The van der Waals surface area contributed by atoms with Gasteiger partial charge in [-0.05, 0) is 22.5 Å². The standard InChI is InChI=1S/C17H28N2O2/c1-8-14(20)19(18)13-10-11(16(2,3)4)9-12(15(13)21)17(5,6)7/h9-10,21H,8,18H2,1-7H3. The molecule has 0 unspecified atom stereocenters. The van der Waals surface area contributed by atoms with Crippen LogP contribution in [0.15, 0.2) is 12.1 Å². The summed E-state index contributed by atoms with van der Waals surface area (Å²) >= 11 is 0. The number of phenolic OH excluding ortho intramolecular Hbond substituents is 1. The second kappa shape index (κ2) is 5.68. The van der Waals surface area contributed by atoms with Gasteiger partial charge in [0.15, 0.2) is 0 Å². The largest absolute Gasteiger partial charge is 0.505 e. The molecule has 1 rings (SSSR count). The van der Waals surface area contributed by atoms with E-state index in [1.165, 1.54) is 0 Å². The highest BCUT2D eigenvalue weighted by molar-refractivity contribution is 5.94. The third-order valence-corrected chi connectivity index (χ3v) is 3.59. The van der Waals surface area contributed by atoms with Crippen LogP contribution in [0.4, 0.5) is 5.69 Å². The van der Waals surface area contributed by atoms with E-state index in [4.69, 9.17) is 5.84 Å². The lowest BCUT2D eigenvalue weighted by Gasteiger charge is -2.29. The average molecular weight is 292 g/mol. The molecule has 1 aromatic carbocycles. The monoisotopic (exact) mass is 292 g/mol. The Kier molecular flexibility index (Phi) is 4.73. The van der Waals surface area contributed by atoms with E-state index in [0.29, 0.717) is 12.1 Å². The van der Waals surface area contributed by atoms with Crippen molar-refractivity contribution < 1.29 is 9.90 Å². The van der Waals surface area contributed by atoms with Crippen LogP contribution in [0, 0.1) is 0 Å². The molecule has 0 aromatic heterocycles. The predicted molar refractivity (Wildman–Crippen MR) is 87.5 cm³/mol. The Labute approximate surface area is 127 Å². The van der Waals surface area contributed by atoms with Crippen LogP contribution in [0.3, 0.4) is 0 Å². The number of phenols is 1. The molecule has 4 nitrogen and oxygen atoms in total. The molecule has 1 aromatic rings. The number of carbonyl (C=O) groups is 1. The third kappa shape index (κ3) is 3.76. The molecular weight excluding hydrogens is 264 g/mol. The van der Waals surface area contributed by atoms with Crippen molar-refractivity contribution in [1.29, 1.82) is 0 Å². The minimum atomic E-state index is -0.240. The van der Waals surface area contributed by atoms with Gasteiger partial charge in [0.05, 0.1) is 0 Å². The summed E-state index contributed by atoms with van der Waals surface area (Å²) in [6.07, 6.45) is 0.292. The Hall–Kier alpha value is -1.55. The van der Waals surface area contributed by atoms with E-state index in [2.05, 4.69) is 20.8 Å². The van der Waals surface area contributed by atoms with E-state index in [1.807, 2.05) is 26.8 Å². The molecule has 0 aliphatic carbocycles. The molecule has 1 amide bonds. The van der Waals surface area contributed by atoms with Crippen molar-refractivity contribution in [3.8, 4) is 5.75 Å². The van der Waals surface area contributed by atoms with Crippen LogP contribution in [0.2, 0.25) is 0 Å². The number of nitrogens with zero attached hydrogens (tertiary/aromatic N) is 1. The van der Waals surface area contributed by atoms with E-state index in [9.17, 15) is 9.90 Å². The number of aromatic hydroxyl groups is 1. The van der Waals surface area contributed by atoms with Crippen LogP contribution in [-0.4, -0.2) is 11.0 Å². The maximum Gasteiger partial charge on any atom is 0.241 e. The molecule has 118 valence electrons. The normalized spacial score (nSPS) is 12.4. The first-order valence-electron chi connectivity index (χ1n) is 7.35. The molecule has 0 saturated carbocycles. The smallest absolute Gasteiger partial charge is 0.241 e. The number of amides is 1. The minimum absolute atomic E-state index is 0.0831. The van der Waals surface area contributed by atoms with E-state index < -0.39 is 0 Å². The summed E-state index contributed by atoms with van der Waals surface area (Å²) in [6.45, 7) is 14.1. The Morgan fingerprint density at radius 3 is 2.05 bits per heavy atom. The van der Waals surface area contributed by atoms with Crippen LogP contribution < -0.4 is 10.9 Å². The lowest BCUT2D eigenvalue weighted by atomic mass is 9.79. The molecule has 0 aliphatic rings. The molecule has 0 fully saturated rings. The van der Waals surface area contributed by atoms with Crippen LogP contribution in [0.1, 0.15) is 66.0 Å². The Bertz CT molecular complexity index is 537. The van der Waals surface area contributed by atoms with Crippen molar-refractivity contribution in [2.45, 2.75) is 65.7 Å². The second-order valence-electron chi connectivity index (χ2n) is 7.51. The molecule has 0 heterocycles. The molecule has 0 spiro atoms. The second-order valence-corrected chi connectivity index (χ2v) is 7.51. The first-order valence-corrected chi connectivity index (χ1v) is 7.35. The van der Waals surface area contributed by atoms with Gasteiger partial charge in [-0.1, -0.05) is 54.5 Å². The Morgan fingerprint density at radius 1 is 1.14 bits per heavy atom. The lowest BCUT2D eigenvalue weighted by Crippen LogP contribution is -2.37. The van der Waals surface area contributed by atoms with Crippen molar-refractivity contribution in [3.63, 3.8) is 0 Å². The van der Waals surface area contributed by atoms with Crippen molar-refractivity contribution >= 4 is 11.6 Å². The average Bonchev–Trinajstić information content (AvgIpc) is 2.34. The van der Waals surface area contributed by atoms with Crippen molar-refractivity contribution in [1.82, 2.24) is 0 Å². The van der Waals surface area contributed by atoms with Crippen LogP contribution >= 0.6 is 0 Å². The number of nitrogens with two attached hydrogens (primary N) is 1. The van der Waals surface area contributed by atoms with Gasteiger partial charge in [0.25, 0.3) is 0 Å². The van der Waals surface area contributed by atoms with Crippen molar-refractivity contribution in [2.75, 3.05) is 5.01 Å². The van der Waals surface area contributed by atoms with E-state index >= 15 is 0 Å². The van der Waals surface area contributed by atoms with Gasteiger partial charge in [0, 0.05) is 12.0 Å². The number of carbonyl (C=O) groups excluding carboxylic acids is 1. The van der Waals surface area contributed by atoms with Crippen molar-refractivity contribution in [2.24, 2.45) is 5.84 Å². The fourth-order valence-corrected chi connectivity index (χ4v) is 2.11. The first-order chi connectivity index (χ1) is 9.39. The molecule has 4 heteroatoms. The number of anilines is 1. The van der Waals surface area contributed by atoms with Gasteiger partial charge >= 0.3 is 0 Å². The molecule has 0 bridgehead atoms. The predicted octanol–water partition coefficient (Wildman–Crippen LogP) is 3.60. The SMILES string of the molecule is CCC(=O)N(N)c1cc(C(C)(C)C)cc(C(C)(C)C)c1O. The van der Waals surface area contributed by atoms with Gasteiger partial charge in [0.1, 0.15) is 11.4 Å². The topological polar surface area (TPSA) is 66.6 Å². The summed E-state index contributed by atoms with van der Waals surface area (Å²) in [5.74, 6) is 5.76. The maximum absolute atomic E-state index is 11.9. The maximum atomic E-state index is 11.9. The van der Waals surface area contributed by atoms with E-state index in [-0.39, 0.29) is 22.5 Å². The fourth-order valence-electron chi connectivity index (χ4n) is 2.11. The summed E-state index contributed by atoms with van der Waals surface area (Å²) in [6, 6.07) is 3.81. The summed E-state index contributed by atoms with van der Waals surface area (Å²) in [7, 11) is 0. The highest BCUT2D eigenvalue weighted by Gasteiger charge is 2.27. The van der Waals surface area contributed by atoms with Crippen LogP contribution in [0.5, 0.6) is 5.75 Å². The fraction of sp³-hybridized carbons (Fsp3) is 0.588. The quantitative estimate of drug-likeness (QED) is 0.497. The van der Waals surface area contributed by atoms with Gasteiger partial charge in [-0.3, -0.25) is 4.79 Å². The Morgan fingerprint density at radius 2 is 1.67 bits per heavy atom. The van der Waals surface area contributed by atoms with Gasteiger partial charge < -0.3 is 5.11 Å². The number of hydrogen-bond donors (Lipinski definition) is 2. The molecule has 0 aliphatic heterocycles. The van der Waals surface area contributed by atoms with Crippen LogP contribution in [0.25, 0.3) is 0 Å². The molecule has 21 heavy (non-hydrogen) atoms. The summed E-state index contributed by atoms with van der Waals surface area (Å²) < 4.78 is 0. The highest BCUT2D eigenvalue weighted by Crippen LogP contribution is 2.41. The molecular formula is C17H28N2O2. The van der Waals surface area contributed by atoms with Gasteiger partial charge in [-0.25, -0.2) is 10.9 Å². The van der Waals surface area contributed by atoms with Crippen molar-refractivity contribution in [3.05, 3.63) is 23.3 Å². The molecule has 3 N–H and O–H groups in total. The molecule has 0 radical (unpaired) electrons. The molecule has 0 atom stereocenters. The number of rotatable bonds is 2. The number of hydrogen-bond acceptors (Lipinski definition) is 3. The first kappa shape index (κ1) is 17.5. The Balaban J connectivity index is 3.60. The van der Waals surface area contributed by atoms with E-state index in [1.54, 1.807) is 13.0 Å². The zero-order valence-electron chi connectivity index (χ0n) is 14.2. The number of hydrazine groups is 1. The summed E-state index contributed by atoms with van der Waals surface area (Å²) in [4.78, 5) is 11.9. The van der Waals surface area contributed by atoms with E-state index in [0.717, 1.165) is 16.1 Å². The third-order valence-electron chi connectivity index (χ3n) is 3.59. The summed E-state index contributed by atoms with van der Waals surface area (Å²) in [5.41, 5.74) is 1.87. The minimum Gasteiger partial charge on any atom is -0.505 e. The van der Waals surface area contributed by atoms with Gasteiger partial charge in [-0.15, -0.1) is 0 Å². The number of benzene rings is 1. The van der Waals surface area contributed by atoms with Gasteiger partial charge in [-0.2, -0.15) is 0 Å². The zero-order valence-corrected chi connectivity index (χ0v) is 14.2. The zero-order chi connectivity index (χ0) is 16.6.